The summed E-state index contributed by atoms with van der Waals surface area (Å²) in [6.45, 7) is 3.50. The first-order chi connectivity index (χ1) is 16.2. The summed E-state index contributed by atoms with van der Waals surface area (Å²) < 4.78 is 20.8. The number of carboxylic acids is 1. The number of hydrogen-bond donors (Lipinski definition) is 1. The summed E-state index contributed by atoms with van der Waals surface area (Å²) in [5, 5.41) is 8.32. The minimum atomic E-state index is -1.24. The van der Waals surface area contributed by atoms with E-state index in [1.165, 1.54) is 12.1 Å². The Bertz CT molecular complexity index is 1300. The Morgan fingerprint density at radius 1 is 1.09 bits per heavy atom. The molecule has 0 atom stereocenters. The van der Waals surface area contributed by atoms with Crippen molar-refractivity contribution < 1.29 is 28.6 Å². The molecule has 0 saturated carbocycles. The molecule has 174 valence electrons. The van der Waals surface area contributed by atoms with Crippen LogP contribution in [0.4, 0.5) is 9.18 Å². The van der Waals surface area contributed by atoms with E-state index in [1.54, 1.807) is 18.2 Å². The van der Waals surface area contributed by atoms with Crippen molar-refractivity contribution in [2.75, 3.05) is 6.54 Å². The van der Waals surface area contributed by atoms with Gasteiger partial charge in [0.1, 0.15) is 24.7 Å². The van der Waals surface area contributed by atoms with Crippen molar-refractivity contribution in [3.63, 3.8) is 0 Å². The highest BCUT2D eigenvalue weighted by Gasteiger charge is 2.36. The van der Waals surface area contributed by atoms with Gasteiger partial charge >= 0.3 is 5.97 Å². The molecule has 0 radical (unpaired) electrons. The van der Waals surface area contributed by atoms with Gasteiger partial charge in [0.25, 0.3) is 11.1 Å². The largest absolute Gasteiger partial charge is 0.489 e. The summed E-state index contributed by atoms with van der Waals surface area (Å²) in [5.74, 6) is -1.47. The van der Waals surface area contributed by atoms with Crippen LogP contribution in [0.2, 0.25) is 0 Å². The molecule has 3 aromatic rings. The Morgan fingerprint density at radius 3 is 2.41 bits per heavy atom. The van der Waals surface area contributed by atoms with Crippen molar-refractivity contribution in [2.45, 2.75) is 20.5 Å². The zero-order chi connectivity index (χ0) is 24.4. The number of carbonyl (C=O) groups is 3. The fourth-order valence-corrected chi connectivity index (χ4v) is 4.51. The first-order valence-electron chi connectivity index (χ1n) is 10.4. The van der Waals surface area contributed by atoms with E-state index in [0.29, 0.717) is 12.4 Å². The second kappa shape index (κ2) is 9.56. The van der Waals surface area contributed by atoms with E-state index < -0.39 is 23.7 Å². The van der Waals surface area contributed by atoms with Gasteiger partial charge in [-0.3, -0.25) is 19.3 Å². The van der Waals surface area contributed by atoms with E-state index >= 15 is 0 Å². The molecule has 1 aromatic heterocycles. The number of halogens is 1. The van der Waals surface area contributed by atoms with Gasteiger partial charge in [-0.15, -0.1) is 0 Å². The van der Waals surface area contributed by atoms with Gasteiger partial charge in [-0.2, -0.15) is 0 Å². The van der Waals surface area contributed by atoms with E-state index in [1.807, 2.05) is 48.7 Å². The number of thioether (sulfide) groups is 1. The Balaban J connectivity index is 1.51. The summed E-state index contributed by atoms with van der Waals surface area (Å²) in [7, 11) is 0. The molecule has 34 heavy (non-hydrogen) atoms. The SMILES string of the molecule is Cc1cc(/C=C2/SC(=O)N(CC(=O)O)C2=O)c(C)n1-c1ccc(OCc2ccc(F)cc2)cc1. The summed E-state index contributed by atoms with van der Waals surface area (Å²) in [4.78, 5) is 36.3. The Labute approximate surface area is 199 Å². The predicted octanol–water partition coefficient (Wildman–Crippen LogP) is 4.93. The molecule has 7 nitrogen and oxygen atoms in total. The molecule has 1 saturated heterocycles. The van der Waals surface area contributed by atoms with E-state index in [0.717, 1.165) is 44.9 Å². The number of nitrogens with zero attached hydrogens (tertiary/aromatic N) is 2. The highest BCUT2D eigenvalue weighted by molar-refractivity contribution is 8.18. The summed E-state index contributed by atoms with van der Waals surface area (Å²) in [5.41, 5.74) is 4.30. The third kappa shape index (κ3) is 4.89. The first kappa shape index (κ1) is 23.3. The zero-order valence-corrected chi connectivity index (χ0v) is 19.3. The van der Waals surface area contributed by atoms with E-state index in [-0.39, 0.29) is 10.7 Å². The maximum absolute atomic E-state index is 13.0. The van der Waals surface area contributed by atoms with Crippen LogP contribution in [0.25, 0.3) is 11.8 Å². The van der Waals surface area contributed by atoms with Crippen LogP contribution >= 0.6 is 11.8 Å². The molecule has 1 aliphatic heterocycles. The minimum absolute atomic E-state index is 0.191. The average Bonchev–Trinajstić information content (AvgIpc) is 3.22. The van der Waals surface area contributed by atoms with Crippen LogP contribution in [-0.2, 0) is 16.2 Å². The summed E-state index contributed by atoms with van der Waals surface area (Å²) in [6, 6.07) is 15.5. The second-order valence-corrected chi connectivity index (χ2v) is 8.73. The molecule has 0 aliphatic carbocycles. The van der Waals surface area contributed by atoms with Crippen LogP contribution in [0.3, 0.4) is 0 Å². The molecule has 1 N–H and O–H groups in total. The highest BCUT2D eigenvalue weighted by Crippen LogP contribution is 2.33. The van der Waals surface area contributed by atoms with Gasteiger partial charge in [0.2, 0.25) is 0 Å². The lowest BCUT2D eigenvalue weighted by molar-refractivity contribution is -0.140. The number of aryl methyl sites for hydroxylation is 1. The second-order valence-electron chi connectivity index (χ2n) is 7.73. The third-order valence-corrected chi connectivity index (χ3v) is 6.24. The van der Waals surface area contributed by atoms with Gasteiger partial charge in [-0.05, 0) is 85.3 Å². The quantitative estimate of drug-likeness (QED) is 0.482. The number of rotatable bonds is 7. The van der Waals surface area contributed by atoms with Crippen LogP contribution in [0.15, 0.2) is 59.5 Å². The average molecular weight is 481 g/mol. The normalized spacial score (nSPS) is 14.8. The maximum atomic E-state index is 13.0. The van der Waals surface area contributed by atoms with Crippen molar-refractivity contribution in [1.29, 1.82) is 0 Å². The van der Waals surface area contributed by atoms with Crippen molar-refractivity contribution in [3.05, 3.63) is 87.8 Å². The van der Waals surface area contributed by atoms with Crippen LogP contribution in [0, 0.1) is 19.7 Å². The molecule has 1 aliphatic rings. The molecular formula is C25H21FN2O5S. The molecule has 1 fully saturated rings. The molecule has 2 heterocycles. The Morgan fingerprint density at radius 2 is 1.76 bits per heavy atom. The monoisotopic (exact) mass is 480 g/mol. The number of aliphatic carboxylic acids is 1. The Hall–Kier alpha value is -3.85. The molecule has 2 amide bonds. The number of ether oxygens (including phenoxy) is 1. The Kier molecular flexibility index (Phi) is 6.56. The maximum Gasteiger partial charge on any atom is 0.323 e. The number of amides is 2. The van der Waals surface area contributed by atoms with Gasteiger partial charge in [0.05, 0.1) is 4.91 Å². The molecule has 0 spiro atoms. The summed E-state index contributed by atoms with van der Waals surface area (Å²) in [6.07, 6.45) is 1.62. The standard InChI is InChI=1S/C25H21FN2O5S/c1-15-11-18(12-22-24(31)27(13-23(29)30)25(32)34-22)16(2)28(15)20-7-9-21(10-8-20)33-14-17-3-5-19(26)6-4-17/h3-12H,13-14H2,1-2H3,(H,29,30)/b22-12+. The molecule has 4 rings (SSSR count). The van der Waals surface area contributed by atoms with Gasteiger partial charge in [0.15, 0.2) is 0 Å². The highest BCUT2D eigenvalue weighted by atomic mass is 32.2. The van der Waals surface area contributed by atoms with Crippen molar-refractivity contribution in [2.24, 2.45) is 0 Å². The van der Waals surface area contributed by atoms with Gasteiger partial charge < -0.3 is 14.4 Å². The topological polar surface area (TPSA) is 88.8 Å². The van der Waals surface area contributed by atoms with Crippen molar-refractivity contribution in [1.82, 2.24) is 9.47 Å². The molecule has 2 aromatic carbocycles. The van der Waals surface area contributed by atoms with Gasteiger partial charge in [-0.1, -0.05) is 12.1 Å². The molecular weight excluding hydrogens is 459 g/mol. The first-order valence-corrected chi connectivity index (χ1v) is 11.2. The van der Waals surface area contributed by atoms with E-state index in [9.17, 15) is 18.8 Å². The fourth-order valence-electron chi connectivity index (χ4n) is 3.68. The van der Waals surface area contributed by atoms with Crippen molar-refractivity contribution in [3.8, 4) is 11.4 Å². The zero-order valence-electron chi connectivity index (χ0n) is 18.4. The number of carboxylic acid groups (broad SMARTS) is 1. The number of carbonyl (C=O) groups excluding carboxylic acids is 2. The third-order valence-electron chi connectivity index (χ3n) is 5.34. The smallest absolute Gasteiger partial charge is 0.323 e. The van der Waals surface area contributed by atoms with Gasteiger partial charge in [-0.25, -0.2) is 4.39 Å². The number of imide groups is 1. The molecule has 0 bridgehead atoms. The number of hydrogen-bond acceptors (Lipinski definition) is 5. The molecule has 9 heteroatoms. The number of benzene rings is 2. The molecule has 0 unspecified atom stereocenters. The lowest BCUT2D eigenvalue weighted by Gasteiger charge is -2.12. The van der Waals surface area contributed by atoms with Crippen LogP contribution in [-0.4, -0.2) is 38.2 Å². The minimum Gasteiger partial charge on any atom is -0.489 e. The predicted molar refractivity (Wildman–Crippen MR) is 126 cm³/mol. The fraction of sp³-hybridized carbons (Fsp3) is 0.160. The summed E-state index contributed by atoms with van der Waals surface area (Å²) >= 11 is 0.733. The number of aromatic nitrogens is 1. The van der Waals surface area contributed by atoms with Crippen molar-refractivity contribution >= 4 is 35.0 Å². The van der Waals surface area contributed by atoms with Crippen LogP contribution < -0.4 is 4.74 Å². The van der Waals surface area contributed by atoms with Crippen LogP contribution in [0.1, 0.15) is 22.5 Å². The van der Waals surface area contributed by atoms with E-state index in [2.05, 4.69) is 0 Å². The lowest BCUT2D eigenvalue weighted by Crippen LogP contribution is -2.33. The van der Waals surface area contributed by atoms with Crippen LogP contribution in [0.5, 0.6) is 5.75 Å². The van der Waals surface area contributed by atoms with Gasteiger partial charge in [0, 0.05) is 17.1 Å². The lowest BCUT2D eigenvalue weighted by atomic mass is 10.2. The van der Waals surface area contributed by atoms with E-state index in [4.69, 9.17) is 9.84 Å².